The molecule has 34 heavy (non-hydrogen) atoms. The number of rotatable bonds is 7. The number of carbonyl (C=O) groups excluding carboxylic acids is 1. The van der Waals surface area contributed by atoms with Crippen LogP contribution in [0, 0.1) is 6.92 Å². The number of anilines is 3. The van der Waals surface area contributed by atoms with Crippen molar-refractivity contribution in [2.75, 3.05) is 24.7 Å². The van der Waals surface area contributed by atoms with Crippen molar-refractivity contribution in [3.05, 3.63) is 83.1 Å². The van der Waals surface area contributed by atoms with Crippen molar-refractivity contribution in [2.45, 2.75) is 13.5 Å². The maximum atomic E-state index is 12.6. The maximum Gasteiger partial charge on any atom is 0.265 e. The smallest absolute Gasteiger partial charge is 0.265 e. The fourth-order valence-corrected chi connectivity index (χ4v) is 5.35. The topological polar surface area (TPSA) is 74.6 Å². The van der Waals surface area contributed by atoms with Gasteiger partial charge < -0.3 is 15.5 Å². The van der Waals surface area contributed by atoms with E-state index in [4.69, 9.17) is 0 Å². The number of thiazole rings is 1. The summed E-state index contributed by atoms with van der Waals surface area (Å²) in [5, 5.41) is 7.93. The van der Waals surface area contributed by atoms with Crippen LogP contribution < -0.4 is 10.6 Å². The molecular weight excluding hydrogens is 464 g/mol. The van der Waals surface area contributed by atoms with Crippen LogP contribution in [0.1, 0.15) is 20.8 Å². The summed E-state index contributed by atoms with van der Waals surface area (Å²) in [6.45, 7) is 2.85. The predicted octanol–water partition coefficient (Wildman–Crippen LogP) is 5.89. The molecule has 0 radical (unpaired) electrons. The van der Waals surface area contributed by atoms with E-state index in [2.05, 4.69) is 62.3 Å². The highest BCUT2D eigenvalue weighted by atomic mass is 32.1. The van der Waals surface area contributed by atoms with Gasteiger partial charge in [0.15, 0.2) is 5.13 Å². The van der Waals surface area contributed by atoms with Crippen molar-refractivity contribution >= 4 is 50.0 Å². The standard InChI is InChI=1S/C25H24N6OS2/c1-16-6-4-5-7-18(16)28-24(32)20-8-9-23(33-20)29-25-27-14-21(34-25)19-13-26-22-12-17(15-30(2)3)10-11-31(19)22/h4-14H,15H2,1-3H3,(H,27,29)(H,28,32). The van der Waals surface area contributed by atoms with E-state index in [1.165, 1.54) is 16.9 Å². The lowest BCUT2D eigenvalue weighted by atomic mass is 10.2. The molecule has 0 saturated carbocycles. The Hall–Kier alpha value is -3.53. The fourth-order valence-electron chi connectivity index (χ4n) is 3.65. The first-order valence-electron chi connectivity index (χ1n) is 10.8. The SMILES string of the molecule is Cc1ccccc1NC(=O)c1ccc(Nc2ncc(-c3cnc4cc(CN(C)C)ccn34)s2)s1. The molecule has 4 aromatic heterocycles. The number of para-hydroxylation sites is 1. The van der Waals surface area contributed by atoms with E-state index in [0.29, 0.717) is 4.88 Å². The van der Waals surface area contributed by atoms with Crippen LogP contribution in [0.3, 0.4) is 0 Å². The summed E-state index contributed by atoms with van der Waals surface area (Å²) in [6, 6.07) is 15.7. The molecule has 1 amide bonds. The number of nitrogens with one attached hydrogen (secondary N) is 2. The Morgan fingerprint density at radius 1 is 1.06 bits per heavy atom. The molecule has 0 fully saturated rings. The van der Waals surface area contributed by atoms with Gasteiger partial charge in [0, 0.05) is 24.6 Å². The number of hydrogen-bond donors (Lipinski definition) is 2. The van der Waals surface area contributed by atoms with Crippen molar-refractivity contribution in [3.8, 4) is 10.6 Å². The molecule has 0 aliphatic heterocycles. The van der Waals surface area contributed by atoms with Gasteiger partial charge in [-0.2, -0.15) is 0 Å². The summed E-state index contributed by atoms with van der Waals surface area (Å²) in [5.74, 6) is -0.119. The summed E-state index contributed by atoms with van der Waals surface area (Å²) < 4.78 is 2.08. The quantitative estimate of drug-likeness (QED) is 0.299. The second-order valence-corrected chi connectivity index (χ2v) is 10.3. The lowest BCUT2D eigenvalue weighted by Gasteiger charge is -2.09. The number of nitrogens with zero attached hydrogens (tertiary/aromatic N) is 4. The molecule has 4 heterocycles. The molecule has 2 N–H and O–H groups in total. The second-order valence-electron chi connectivity index (χ2n) is 8.23. The minimum Gasteiger partial charge on any atom is -0.323 e. The summed E-state index contributed by atoms with van der Waals surface area (Å²) in [6.07, 6.45) is 5.79. The minimum absolute atomic E-state index is 0.119. The Morgan fingerprint density at radius 3 is 2.74 bits per heavy atom. The van der Waals surface area contributed by atoms with Gasteiger partial charge in [0.2, 0.25) is 0 Å². The Labute approximate surface area is 205 Å². The highest BCUT2D eigenvalue weighted by Gasteiger charge is 2.14. The zero-order valence-electron chi connectivity index (χ0n) is 19.1. The number of fused-ring (bicyclic) bond motifs is 1. The largest absolute Gasteiger partial charge is 0.323 e. The molecular formula is C25H24N6OS2. The first kappa shape index (κ1) is 22.3. The van der Waals surface area contributed by atoms with Crippen molar-refractivity contribution in [1.82, 2.24) is 19.3 Å². The van der Waals surface area contributed by atoms with Crippen LogP contribution in [0.15, 0.2) is 67.1 Å². The van der Waals surface area contributed by atoms with Crippen LogP contribution in [0.5, 0.6) is 0 Å². The van der Waals surface area contributed by atoms with E-state index < -0.39 is 0 Å². The lowest BCUT2D eigenvalue weighted by Crippen LogP contribution is -2.10. The van der Waals surface area contributed by atoms with Crippen molar-refractivity contribution in [1.29, 1.82) is 0 Å². The molecule has 172 valence electrons. The van der Waals surface area contributed by atoms with Crippen LogP contribution in [0.2, 0.25) is 0 Å². The first-order chi connectivity index (χ1) is 16.5. The molecule has 0 unspecified atom stereocenters. The normalized spacial score (nSPS) is 11.3. The van der Waals surface area contributed by atoms with Crippen LogP contribution in [0.25, 0.3) is 16.2 Å². The molecule has 0 spiro atoms. The Balaban J connectivity index is 1.29. The van der Waals surface area contributed by atoms with Gasteiger partial charge in [0.05, 0.1) is 26.6 Å². The Kier molecular flexibility index (Phi) is 6.14. The molecule has 1 aromatic carbocycles. The van der Waals surface area contributed by atoms with E-state index >= 15 is 0 Å². The number of amides is 1. The van der Waals surface area contributed by atoms with E-state index in [0.717, 1.165) is 44.1 Å². The van der Waals surface area contributed by atoms with Crippen molar-refractivity contribution < 1.29 is 4.79 Å². The summed E-state index contributed by atoms with van der Waals surface area (Å²) in [4.78, 5) is 25.5. The number of carbonyl (C=O) groups is 1. The van der Waals surface area contributed by atoms with Crippen LogP contribution >= 0.6 is 22.7 Å². The van der Waals surface area contributed by atoms with Crippen LogP contribution in [-0.2, 0) is 6.54 Å². The zero-order chi connectivity index (χ0) is 23.7. The molecule has 0 atom stereocenters. The summed E-state index contributed by atoms with van der Waals surface area (Å²) in [7, 11) is 4.11. The van der Waals surface area contributed by atoms with Crippen LogP contribution in [0.4, 0.5) is 15.8 Å². The van der Waals surface area contributed by atoms with Gasteiger partial charge >= 0.3 is 0 Å². The number of aryl methyl sites for hydroxylation is 1. The number of hydrogen-bond acceptors (Lipinski definition) is 7. The lowest BCUT2D eigenvalue weighted by molar-refractivity contribution is 0.103. The van der Waals surface area contributed by atoms with Crippen LogP contribution in [-0.4, -0.2) is 39.3 Å². The zero-order valence-corrected chi connectivity index (χ0v) is 20.7. The Morgan fingerprint density at radius 2 is 1.91 bits per heavy atom. The van der Waals surface area contributed by atoms with E-state index in [1.54, 1.807) is 11.3 Å². The molecule has 5 rings (SSSR count). The number of imidazole rings is 1. The van der Waals surface area contributed by atoms with Gasteiger partial charge in [0.1, 0.15) is 5.65 Å². The van der Waals surface area contributed by atoms with Gasteiger partial charge in [-0.3, -0.25) is 9.20 Å². The maximum absolute atomic E-state index is 12.6. The van der Waals surface area contributed by atoms with Crippen molar-refractivity contribution in [2.24, 2.45) is 0 Å². The first-order valence-corrected chi connectivity index (χ1v) is 12.4. The molecule has 9 heteroatoms. The highest BCUT2D eigenvalue weighted by molar-refractivity contribution is 7.20. The molecule has 0 bridgehead atoms. The number of benzene rings is 1. The third-order valence-electron chi connectivity index (χ3n) is 5.29. The number of pyridine rings is 1. The average molecular weight is 489 g/mol. The molecule has 5 aromatic rings. The third kappa shape index (κ3) is 4.72. The highest BCUT2D eigenvalue weighted by Crippen LogP contribution is 2.33. The molecule has 7 nitrogen and oxygen atoms in total. The predicted molar refractivity (Wildman–Crippen MR) is 140 cm³/mol. The Bertz CT molecular complexity index is 1470. The number of thiophene rings is 1. The average Bonchev–Trinajstić information content (AvgIpc) is 3.54. The second kappa shape index (κ2) is 9.38. The summed E-state index contributed by atoms with van der Waals surface area (Å²) in [5.41, 5.74) is 4.99. The fraction of sp³-hybridized carbons (Fsp3) is 0.160. The van der Waals surface area contributed by atoms with Gasteiger partial charge in [-0.25, -0.2) is 9.97 Å². The molecule has 0 saturated heterocycles. The van der Waals surface area contributed by atoms with E-state index in [9.17, 15) is 4.79 Å². The van der Waals surface area contributed by atoms with E-state index in [1.807, 2.05) is 55.7 Å². The monoisotopic (exact) mass is 488 g/mol. The molecule has 0 aliphatic rings. The van der Waals surface area contributed by atoms with E-state index in [-0.39, 0.29) is 5.91 Å². The number of aromatic nitrogens is 3. The third-order valence-corrected chi connectivity index (χ3v) is 7.22. The molecule has 0 aliphatic carbocycles. The minimum atomic E-state index is -0.119. The van der Waals surface area contributed by atoms with Gasteiger partial charge in [0.25, 0.3) is 5.91 Å². The van der Waals surface area contributed by atoms with Gasteiger partial charge in [-0.15, -0.1) is 11.3 Å². The van der Waals surface area contributed by atoms with Gasteiger partial charge in [-0.05, 0) is 62.5 Å². The van der Waals surface area contributed by atoms with Crippen molar-refractivity contribution in [3.63, 3.8) is 0 Å². The van der Waals surface area contributed by atoms with Gasteiger partial charge in [-0.1, -0.05) is 29.5 Å². The summed E-state index contributed by atoms with van der Waals surface area (Å²) >= 11 is 2.95.